The first-order chi connectivity index (χ1) is 13.3. The monoisotopic (exact) mass is 408 g/mol. The summed E-state index contributed by atoms with van der Waals surface area (Å²) in [5.41, 5.74) is 4.52. The van der Waals surface area contributed by atoms with Crippen LogP contribution in [-0.4, -0.2) is 29.7 Å². The molecule has 1 aliphatic heterocycles. The molecule has 1 aliphatic rings. The Balaban J connectivity index is 1.98. The number of pyridine rings is 1. The zero-order valence-corrected chi connectivity index (χ0v) is 16.0. The fourth-order valence-electron chi connectivity index (χ4n) is 3.17. The van der Waals surface area contributed by atoms with Crippen LogP contribution in [0.15, 0.2) is 41.5 Å². The number of rotatable bonds is 4. The highest BCUT2D eigenvalue weighted by molar-refractivity contribution is 6.30. The van der Waals surface area contributed by atoms with Gasteiger partial charge in [0.05, 0.1) is 5.02 Å². The van der Waals surface area contributed by atoms with Gasteiger partial charge in [0.2, 0.25) is 0 Å². The van der Waals surface area contributed by atoms with Crippen molar-refractivity contribution in [3.8, 4) is 0 Å². The van der Waals surface area contributed by atoms with Crippen LogP contribution in [0.3, 0.4) is 0 Å². The van der Waals surface area contributed by atoms with Crippen LogP contribution in [0.5, 0.6) is 0 Å². The molecule has 148 valence electrons. The number of hydrogen-bond donors (Lipinski definition) is 2. The minimum absolute atomic E-state index is 0.0116. The van der Waals surface area contributed by atoms with E-state index in [1.165, 1.54) is 30.5 Å². The predicted molar refractivity (Wildman–Crippen MR) is 103 cm³/mol. The Morgan fingerprint density at radius 1 is 1.36 bits per heavy atom. The molecule has 9 heteroatoms. The molecule has 1 unspecified atom stereocenters. The van der Waals surface area contributed by atoms with E-state index in [0.29, 0.717) is 5.02 Å². The van der Waals surface area contributed by atoms with Crippen LogP contribution in [-0.2, 0) is 10.3 Å². The Morgan fingerprint density at radius 2 is 2.11 bits per heavy atom. The topological polar surface area (TPSA) is 89.6 Å². The SMILES string of the molecule is CC1OC(N)=N[C@@](CF)(c2cc(NC(=O)c3ccc(Cl)cn3)ccc2F)[C@@H]1C. The molecule has 28 heavy (non-hydrogen) atoms. The number of carbonyl (C=O) groups is 1. The fraction of sp³-hybridized carbons (Fsp3) is 0.316. The number of ether oxygens (including phenoxy) is 1. The van der Waals surface area contributed by atoms with Crippen molar-refractivity contribution in [1.29, 1.82) is 0 Å². The highest BCUT2D eigenvalue weighted by Gasteiger charge is 2.47. The van der Waals surface area contributed by atoms with Crippen LogP contribution in [0, 0.1) is 11.7 Å². The molecule has 2 heterocycles. The number of amidine groups is 1. The van der Waals surface area contributed by atoms with E-state index < -0.39 is 36.0 Å². The molecule has 0 fully saturated rings. The third kappa shape index (κ3) is 3.64. The van der Waals surface area contributed by atoms with Crippen LogP contribution < -0.4 is 11.1 Å². The first kappa shape index (κ1) is 20.0. The van der Waals surface area contributed by atoms with Gasteiger partial charge in [0.1, 0.15) is 29.8 Å². The number of amides is 1. The van der Waals surface area contributed by atoms with Gasteiger partial charge in [-0.1, -0.05) is 18.5 Å². The largest absolute Gasteiger partial charge is 0.462 e. The standard InChI is InChI=1S/C19H19ClF2N4O2/c1-10-11(2)28-18(23)26-19(10,9-21)14-7-13(4-5-15(14)22)25-17(27)16-6-3-12(20)8-24-16/h3-8,10-11H,9H2,1-2H3,(H2,23,26)(H,25,27)/t10-,11?,19-/m1/s1. The Hall–Kier alpha value is -2.74. The van der Waals surface area contributed by atoms with E-state index in [1.807, 2.05) is 0 Å². The van der Waals surface area contributed by atoms with E-state index in [2.05, 4.69) is 15.3 Å². The van der Waals surface area contributed by atoms with Crippen LogP contribution in [0.1, 0.15) is 29.9 Å². The molecule has 1 aromatic carbocycles. The maximum absolute atomic E-state index is 14.7. The molecule has 6 nitrogen and oxygen atoms in total. The smallest absolute Gasteiger partial charge is 0.283 e. The average Bonchev–Trinajstić information content (AvgIpc) is 2.67. The number of carbonyl (C=O) groups excluding carboxylic acids is 1. The van der Waals surface area contributed by atoms with E-state index >= 15 is 0 Å². The van der Waals surface area contributed by atoms with Gasteiger partial charge in [0.15, 0.2) is 0 Å². The first-order valence-corrected chi connectivity index (χ1v) is 8.95. The molecule has 2 aromatic rings. The Kier molecular flexibility index (Phi) is 5.51. The summed E-state index contributed by atoms with van der Waals surface area (Å²) in [7, 11) is 0. The van der Waals surface area contributed by atoms with Crippen molar-refractivity contribution in [2.75, 3.05) is 12.0 Å². The molecule has 0 radical (unpaired) electrons. The number of nitrogens with one attached hydrogen (secondary N) is 1. The number of hydrogen-bond acceptors (Lipinski definition) is 5. The number of nitrogens with two attached hydrogens (primary N) is 1. The number of aromatic nitrogens is 1. The number of aliphatic imine (C=N–C) groups is 1. The van der Waals surface area contributed by atoms with Crippen LogP contribution in [0.4, 0.5) is 14.5 Å². The van der Waals surface area contributed by atoms with E-state index in [-0.39, 0.29) is 23.0 Å². The second-order valence-corrected chi connectivity index (χ2v) is 7.07. The second kappa shape index (κ2) is 7.71. The summed E-state index contributed by atoms with van der Waals surface area (Å²) in [6.07, 6.45) is 0.872. The maximum atomic E-state index is 14.7. The fourth-order valence-corrected chi connectivity index (χ4v) is 3.29. The van der Waals surface area contributed by atoms with Crippen molar-refractivity contribution in [2.45, 2.75) is 25.5 Å². The van der Waals surface area contributed by atoms with E-state index in [0.717, 1.165) is 6.07 Å². The third-order valence-corrected chi connectivity index (χ3v) is 5.15. The van der Waals surface area contributed by atoms with Gasteiger partial charge in [0, 0.05) is 23.4 Å². The number of nitrogens with zero attached hydrogens (tertiary/aromatic N) is 2. The number of halogens is 3. The minimum atomic E-state index is -1.55. The molecule has 1 amide bonds. The van der Waals surface area contributed by atoms with Crippen LogP contribution in [0.2, 0.25) is 5.02 Å². The lowest BCUT2D eigenvalue weighted by atomic mass is 9.76. The molecule has 0 saturated heterocycles. The first-order valence-electron chi connectivity index (χ1n) is 8.57. The summed E-state index contributed by atoms with van der Waals surface area (Å²) in [6.45, 7) is 2.45. The number of alkyl halides is 1. The molecule has 3 rings (SSSR count). The summed E-state index contributed by atoms with van der Waals surface area (Å²) in [6, 6.07) is 6.66. The minimum Gasteiger partial charge on any atom is -0.462 e. The summed E-state index contributed by atoms with van der Waals surface area (Å²) < 4.78 is 34.2. The normalized spacial score (nSPS) is 24.2. The van der Waals surface area contributed by atoms with Gasteiger partial charge in [-0.25, -0.2) is 18.8 Å². The summed E-state index contributed by atoms with van der Waals surface area (Å²) in [5, 5.41) is 3.01. The van der Waals surface area contributed by atoms with E-state index in [4.69, 9.17) is 22.1 Å². The molecule has 0 spiro atoms. The summed E-state index contributed by atoms with van der Waals surface area (Å²) >= 11 is 5.77. The van der Waals surface area contributed by atoms with Gasteiger partial charge >= 0.3 is 0 Å². The van der Waals surface area contributed by atoms with Crippen LogP contribution in [0.25, 0.3) is 0 Å². The van der Waals surface area contributed by atoms with E-state index in [9.17, 15) is 13.6 Å². The zero-order valence-electron chi connectivity index (χ0n) is 15.2. The van der Waals surface area contributed by atoms with Crippen molar-refractivity contribution >= 4 is 29.2 Å². The molecule has 0 bridgehead atoms. The van der Waals surface area contributed by atoms with Crippen molar-refractivity contribution in [2.24, 2.45) is 16.6 Å². The molecule has 3 N–H and O–H groups in total. The van der Waals surface area contributed by atoms with Crippen molar-refractivity contribution in [1.82, 2.24) is 4.98 Å². The zero-order chi connectivity index (χ0) is 20.5. The van der Waals surface area contributed by atoms with Crippen molar-refractivity contribution in [3.05, 3.63) is 58.6 Å². The Labute approximate surface area is 165 Å². The molecule has 1 aromatic heterocycles. The lowest BCUT2D eigenvalue weighted by Crippen LogP contribution is -2.48. The molecular weight excluding hydrogens is 390 g/mol. The quantitative estimate of drug-likeness (QED) is 0.807. The summed E-state index contributed by atoms with van der Waals surface area (Å²) in [5.74, 6) is -1.67. The Bertz CT molecular complexity index is 923. The van der Waals surface area contributed by atoms with Gasteiger partial charge in [-0.15, -0.1) is 0 Å². The number of benzene rings is 1. The molecule has 3 atom stereocenters. The highest BCUT2D eigenvalue weighted by atomic mass is 35.5. The van der Waals surface area contributed by atoms with Crippen molar-refractivity contribution < 1.29 is 18.3 Å². The third-order valence-electron chi connectivity index (χ3n) is 4.93. The molecule has 0 aliphatic carbocycles. The van der Waals surface area contributed by atoms with Gasteiger partial charge in [0.25, 0.3) is 11.9 Å². The molecule has 0 saturated carbocycles. The number of anilines is 1. The van der Waals surface area contributed by atoms with Gasteiger partial charge in [-0.2, -0.15) is 0 Å². The lowest BCUT2D eigenvalue weighted by molar-refractivity contribution is 0.0494. The maximum Gasteiger partial charge on any atom is 0.283 e. The van der Waals surface area contributed by atoms with Gasteiger partial charge in [-0.3, -0.25) is 4.79 Å². The second-order valence-electron chi connectivity index (χ2n) is 6.63. The summed E-state index contributed by atoms with van der Waals surface area (Å²) in [4.78, 5) is 20.4. The predicted octanol–water partition coefficient (Wildman–Crippen LogP) is 3.66. The van der Waals surface area contributed by atoms with Gasteiger partial charge in [-0.05, 0) is 37.3 Å². The average molecular weight is 409 g/mol. The highest BCUT2D eigenvalue weighted by Crippen LogP contribution is 2.42. The Morgan fingerprint density at radius 3 is 2.75 bits per heavy atom. The van der Waals surface area contributed by atoms with E-state index in [1.54, 1.807) is 13.8 Å². The van der Waals surface area contributed by atoms with Crippen LogP contribution >= 0.6 is 11.6 Å². The molecular formula is C19H19ClF2N4O2. The van der Waals surface area contributed by atoms with Gasteiger partial charge < -0.3 is 15.8 Å². The lowest BCUT2D eigenvalue weighted by Gasteiger charge is -2.40. The van der Waals surface area contributed by atoms with Crippen molar-refractivity contribution in [3.63, 3.8) is 0 Å².